The van der Waals surface area contributed by atoms with Gasteiger partial charge in [-0.15, -0.1) is 0 Å². The lowest BCUT2D eigenvalue weighted by molar-refractivity contribution is 0.121. The van der Waals surface area contributed by atoms with Gasteiger partial charge in [0.2, 0.25) is 5.95 Å². The van der Waals surface area contributed by atoms with Crippen LogP contribution < -0.4 is 10.2 Å². The van der Waals surface area contributed by atoms with E-state index < -0.39 is 0 Å². The summed E-state index contributed by atoms with van der Waals surface area (Å²) < 4.78 is 6.81. The van der Waals surface area contributed by atoms with Crippen molar-refractivity contribution in [1.29, 1.82) is 0 Å². The van der Waals surface area contributed by atoms with Gasteiger partial charge in [-0.2, -0.15) is 10.1 Å². The van der Waals surface area contributed by atoms with E-state index in [-0.39, 0.29) is 0 Å². The highest BCUT2D eigenvalue weighted by Crippen LogP contribution is 2.09. The van der Waals surface area contributed by atoms with Crippen LogP contribution in [0, 0.1) is 0 Å². The summed E-state index contributed by atoms with van der Waals surface area (Å²) in [5, 5.41) is 7.40. The Kier molecular flexibility index (Phi) is 2.95. The van der Waals surface area contributed by atoms with E-state index in [1.165, 1.54) is 0 Å². The number of anilines is 1. The number of hydrogen-bond donors (Lipinski definition) is 1. The predicted molar refractivity (Wildman–Crippen MR) is 52.1 cm³/mol. The van der Waals surface area contributed by atoms with Gasteiger partial charge in [-0.3, -0.25) is 0 Å². The standard InChI is InChI=1S/C8H15N5O/c1-14-7-13-8(10-6-11-13)12-4-2-9-3-5-12/h6,9H,2-5,7H2,1H3. The largest absolute Gasteiger partial charge is 0.362 e. The number of nitrogens with one attached hydrogen (secondary N) is 1. The molecule has 1 aromatic heterocycles. The SMILES string of the molecule is COCn1ncnc1N1CCNCC1. The fourth-order valence-electron chi connectivity index (χ4n) is 1.58. The molecule has 0 saturated carbocycles. The summed E-state index contributed by atoms with van der Waals surface area (Å²) in [5.41, 5.74) is 0. The van der Waals surface area contributed by atoms with Crippen LogP contribution in [-0.4, -0.2) is 48.1 Å². The van der Waals surface area contributed by atoms with Crippen LogP contribution >= 0.6 is 0 Å². The normalized spacial score (nSPS) is 17.4. The Morgan fingerprint density at radius 1 is 1.50 bits per heavy atom. The van der Waals surface area contributed by atoms with Gasteiger partial charge in [-0.05, 0) is 0 Å². The predicted octanol–water partition coefficient (Wildman–Crippen LogP) is -0.708. The lowest BCUT2D eigenvalue weighted by atomic mass is 10.4. The molecule has 0 atom stereocenters. The molecule has 1 aliphatic rings. The van der Waals surface area contributed by atoms with E-state index in [1.807, 2.05) is 0 Å². The summed E-state index contributed by atoms with van der Waals surface area (Å²) >= 11 is 0. The molecule has 1 aromatic rings. The van der Waals surface area contributed by atoms with Gasteiger partial charge < -0.3 is 15.0 Å². The summed E-state index contributed by atoms with van der Waals surface area (Å²) in [6.45, 7) is 4.41. The molecular formula is C8H15N5O. The Morgan fingerprint density at radius 2 is 2.29 bits per heavy atom. The summed E-state index contributed by atoms with van der Waals surface area (Å²) in [4.78, 5) is 6.44. The fraction of sp³-hybridized carbons (Fsp3) is 0.750. The van der Waals surface area contributed by atoms with E-state index in [0.29, 0.717) is 6.73 Å². The lowest BCUT2D eigenvalue weighted by Gasteiger charge is -2.27. The number of ether oxygens (including phenoxy) is 1. The van der Waals surface area contributed by atoms with Crippen molar-refractivity contribution in [2.45, 2.75) is 6.73 Å². The maximum absolute atomic E-state index is 5.04. The van der Waals surface area contributed by atoms with E-state index in [9.17, 15) is 0 Å². The molecule has 78 valence electrons. The Balaban J connectivity index is 2.09. The third-order valence-corrected chi connectivity index (χ3v) is 2.25. The van der Waals surface area contributed by atoms with E-state index in [0.717, 1.165) is 32.1 Å². The first-order valence-electron chi connectivity index (χ1n) is 4.74. The van der Waals surface area contributed by atoms with Crippen molar-refractivity contribution < 1.29 is 4.74 Å². The monoisotopic (exact) mass is 197 g/mol. The first kappa shape index (κ1) is 9.42. The van der Waals surface area contributed by atoms with Gasteiger partial charge in [0.25, 0.3) is 0 Å². The summed E-state index contributed by atoms with van der Waals surface area (Å²) in [5.74, 6) is 0.897. The quantitative estimate of drug-likeness (QED) is 0.694. The van der Waals surface area contributed by atoms with Crippen LogP contribution in [0.15, 0.2) is 6.33 Å². The van der Waals surface area contributed by atoms with Crippen molar-refractivity contribution in [3.63, 3.8) is 0 Å². The molecule has 0 unspecified atom stereocenters. The van der Waals surface area contributed by atoms with Crippen LogP contribution in [0.3, 0.4) is 0 Å². The van der Waals surface area contributed by atoms with Crippen LogP contribution in [0.5, 0.6) is 0 Å². The Morgan fingerprint density at radius 3 is 3.00 bits per heavy atom. The van der Waals surface area contributed by atoms with E-state index in [1.54, 1.807) is 18.1 Å². The fourth-order valence-corrected chi connectivity index (χ4v) is 1.58. The second-order valence-corrected chi connectivity index (χ2v) is 3.21. The Labute approximate surface area is 82.9 Å². The molecule has 6 heteroatoms. The number of rotatable bonds is 3. The van der Waals surface area contributed by atoms with E-state index >= 15 is 0 Å². The van der Waals surface area contributed by atoms with Gasteiger partial charge in [0.1, 0.15) is 13.1 Å². The zero-order chi connectivity index (χ0) is 9.80. The highest BCUT2D eigenvalue weighted by molar-refractivity contribution is 5.29. The molecule has 1 fully saturated rings. The third-order valence-electron chi connectivity index (χ3n) is 2.25. The molecule has 2 rings (SSSR count). The second kappa shape index (κ2) is 4.39. The van der Waals surface area contributed by atoms with Gasteiger partial charge in [0.05, 0.1) is 0 Å². The van der Waals surface area contributed by atoms with Crippen molar-refractivity contribution in [2.75, 3.05) is 38.2 Å². The zero-order valence-corrected chi connectivity index (χ0v) is 8.31. The molecule has 0 aromatic carbocycles. The highest BCUT2D eigenvalue weighted by Gasteiger charge is 2.15. The van der Waals surface area contributed by atoms with Gasteiger partial charge in [-0.1, -0.05) is 0 Å². The molecule has 14 heavy (non-hydrogen) atoms. The molecule has 1 aliphatic heterocycles. The van der Waals surface area contributed by atoms with Crippen molar-refractivity contribution >= 4 is 5.95 Å². The van der Waals surface area contributed by atoms with Crippen LogP contribution in [0.2, 0.25) is 0 Å². The van der Waals surface area contributed by atoms with Crippen LogP contribution in [0.25, 0.3) is 0 Å². The van der Waals surface area contributed by atoms with Gasteiger partial charge in [-0.25, -0.2) is 4.68 Å². The smallest absolute Gasteiger partial charge is 0.226 e. The number of hydrogen-bond acceptors (Lipinski definition) is 5. The average Bonchev–Trinajstić information content (AvgIpc) is 2.68. The highest BCUT2D eigenvalue weighted by atomic mass is 16.5. The Hall–Kier alpha value is -1.14. The first-order chi connectivity index (χ1) is 6.92. The number of piperazine rings is 1. The van der Waals surface area contributed by atoms with Crippen molar-refractivity contribution in [3.8, 4) is 0 Å². The van der Waals surface area contributed by atoms with Crippen molar-refractivity contribution in [3.05, 3.63) is 6.33 Å². The van der Waals surface area contributed by atoms with Gasteiger partial charge in [0.15, 0.2) is 0 Å². The number of methoxy groups -OCH3 is 1. The first-order valence-corrected chi connectivity index (χ1v) is 4.74. The van der Waals surface area contributed by atoms with Crippen LogP contribution in [-0.2, 0) is 11.5 Å². The van der Waals surface area contributed by atoms with Crippen molar-refractivity contribution in [1.82, 2.24) is 20.1 Å². The molecular weight excluding hydrogens is 182 g/mol. The summed E-state index contributed by atoms with van der Waals surface area (Å²) in [7, 11) is 1.66. The van der Waals surface area contributed by atoms with E-state index in [2.05, 4.69) is 20.3 Å². The molecule has 1 saturated heterocycles. The zero-order valence-electron chi connectivity index (χ0n) is 8.31. The second-order valence-electron chi connectivity index (χ2n) is 3.21. The molecule has 1 N–H and O–H groups in total. The third kappa shape index (κ3) is 1.85. The molecule has 0 amide bonds. The van der Waals surface area contributed by atoms with Gasteiger partial charge in [0, 0.05) is 33.3 Å². The molecule has 2 heterocycles. The Bertz CT molecular complexity index is 281. The number of nitrogens with zero attached hydrogens (tertiary/aromatic N) is 4. The topological polar surface area (TPSA) is 55.2 Å². The average molecular weight is 197 g/mol. The van der Waals surface area contributed by atoms with Crippen LogP contribution in [0.4, 0.5) is 5.95 Å². The van der Waals surface area contributed by atoms with E-state index in [4.69, 9.17) is 4.74 Å². The maximum Gasteiger partial charge on any atom is 0.226 e. The molecule has 0 spiro atoms. The molecule has 0 radical (unpaired) electrons. The van der Waals surface area contributed by atoms with Crippen molar-refractivity contribution in [2.24, 2.45) is 0 Å². The summed E-state index contributed by atoms with van der Waals surface area (Å²) in [6.07, 6.45) is 1.57. The van der Waals surface area contributed by atoms with Crippen LogP contribution in [0.1, 0.15) is 0 Å². The number of aromatic nitrogens is 3. The summed E-state index contributed by atoms with van der Waals surface area (Å²) in [6, 6.07) is 0. The minimum Gasteiger partial charge on any atom is -0.362 e. The minimum atomic E-state index is 0.458. The molecule has 0 aliphatic carbocycles. The minimum absolute atomic E-state index is 0.458. The molecule has 0 bridgehead atoms. The lowest BCUT2D eigenvalue weighted by Crippen LogP contribution is -2.44. The van der Waals surface area contributed by atoms with Gasteiger partial charge >= 0.3 is 0 Å². The molecule has 6 nitrogen and oxygen atoms in total. The maximum atomic E-state index is 5.04.